The third kappa shape index (κ3) is 5.01. The minimum atomic E-state index is -0.118. The summed E-state index contributed by atoms with van der Waals surface area (Å²) in [6, 6.07) is 5.28. The van der Waals surface area contributed by atoms with Crippen molar-refractivity contribution in [3.8, 4) is 11.5 Å². The van der Waals surface area contributed by atoms with Crippen molar-refractivity contribution in [3.63, 3.8) is 0 Å². The zero-order valence-electron chi connectivity index (χ0n) is 11.4. The van der Waals surface area contributed by atoms with Gasteiger partial charge in [0.15, 0.2) is 11.5 Å². The lowest BCUT2D eigenvalue weighted by Crippen LogP contribution is -2.28. The SMILES string of the molecule is C=CCNCC(=O)Nc1ccc(OCC)c(OC)c1. The summed E-state index contributed by atoms with van der Waals surface area (Å²) < 4.78 is 10.6. The molecule has 0 atom stereocenters. The van der Waals surface area contributed by atoms with E-state index < -0.39 is 0 Å². The molecule has 0 radical (unpaired) electrons. The van der Waals surface area contributed by atoms with Crippen LogP contribution in [0.2, 0.25) is 0 Å². The van der Waals surface area contributed by atoms with Gasteiger partial charge in [0.1, 0.15) is 0 Å². The molecule has 0 saturated carbocycles. The molecule has 104 valence electrons. The molecular weight excluding hydrogens is 244 g/mol. The summed E-state index contributed by atoms with van der Waals surface area (Å²) >= 11 is 0. The minimum absolute atomic E-state index is 0.118. The second-order valence-corrected chi connectivity index (χ2v) is 3.77. The Morgan fingerprint density at radius 1 is 1.42 bits per heavy atom. The highest BCUT2D eigenvalue weighted by atomic mass is 16.5. The Hall–Kier alpha value is -2.01. The predicted octanol–water partition coefficient (Wildman–Crippen LogP) is 1.81. The molecular formula is C14H20N2O3. The zero-order chi connectivity index (χ0) is 14.1. The van der Waals surface area contributed by atoms with Crippen LogP contribution in [0.1, 0.15) is 6.92 Å². The van der Waals surface area contributed by atoms with Gasteiger partial charge in [0.25, 0.3) is 0 Å². The van der Waals surface area contributed by atoms with E-state index in [1.807, 2.05) is 6.92 Å². The molecule has 0 heterocycles. The molecule has 0 bridgehead atoms. The van der Waals surface area contributed by atoms with Crippen LogP contribution in [-0.4, -0.2) is 32.7 Å². The van der Waals surface area contributed by atoms with Crippen LogP contribution in [-0.2, 0) is 4.79 Å². The molecule has 1 amide bonds. The maximum Gasteiger partial charge on any atom is 0.238 e. The van der Waals surface area contributed by atoms with Gasteiger partial charge in [-0.05, 0) is 19.1 Å². The Bertz CT molecular complexity index is 433. The van der Waals surface area contributed by atoms with E-state index in [0.717, 1.165) is 0 Å². The van der Waals surface area contributed by atoms with Crippen LogP contribution in [0.5, 0.6) is 11.5 Å². The fourth-order valence-corrected chi connectivity index (χ4v) is 1.51. The van der Waals surface area contributed by atoms with Crippen LogP contribution in [0.25, 0.3) is 0 Å². The van der Waals surface area contributed by atoms with E-state index in [1.165, 1.54) is 0 Å². The highest BCUT2D eigenvalue weighted by Gasteiger charge is 2.07. The summed E-state index contributed by atoms with van der Waals surface area (Å²) in [6.45, 7) is 6.87. The smallest absolute Gasteiger partial charge is 0.238 e. The first kappa shape index (κ1) is 15.0. The average Bonchev–Trinajstić information content (AvgIpc) is 2.41. The molecule has 0 unspecified atom stereocenters. The van der Waals surface area contributed by atoms with Gasteiger partial charge in [0, 0.05) is 18.3 Å². The van der Waals surface area contributed by atoms with E-state index >= 15 is 0 Å². The number of carbonyl (C=O) groups excluding carboxylic acids is 1. The number of hydrogen-bond acceptors (Lipinski definition) is 4. The van der Waals surface area contributed by atoms with E-state index in [9.17, 15) is 4.79 Å². The van der Waals surface area contributed by atoms with E-state index in [1.54, 1.807) is 31.4 Å². The van der Waals surface area contributed by atoms with Gasteiger partial charge >= 0.3 is 0 Å². The number of carbonyl (C=O) groups is 1. The first-order valence-electron chi connectivity index (χ1n) is 6.13. The summed E-state index contributed by atoms with van der Waals surface area (Å²) in [7, 11) is 1.56. The summed E-state index contributed by atoms with van der Waals surface area (Å²) in [5.41, 5.74) is 0.672. The lowest BCUT2D eigenvalue weighted by atomic mass is 10.2. The highest BCUT2D eigenvalue weighted by Crippen LogP contribution is 2.30. The topological polar surface area (TPSA) is 59.6 Å². The van der Waals surface area contributed by atoms with Crippen molar-refractivity contribution in [1.29, 1.82) is 0 Å². The molecule has 0 aliphatic heterocycles. The minimum Gasteiger partial charge on any atom is -0.493 e. The first-order valence-corrected chi connectivity index (χ1v) is 6.13. The summed E-state index contributed by atoms with van der Waals surface area (Å²) in [5.74, 6) is 1.14. The molecule has 1 rings (SSSR count). The molecule has 1 aromatic carbocycles. The van der Waals surface area contributed by atoms with E-state index in [-0.39, 0.29) is 12.5 Å². The molecule has 1 aromatic rings. The van der Waals surface area contributed by atoms with Crippen LogP contribution in [0.4, 0.5) is 5.69 Å². The molecule has 0 fully saturated rings. The average molecular weight is 264 g/mol. The van der Waals surface area contributed by atoms with Gasteiger partial charge in [0.2, 0.25) is 5.91 Å². The Balaban J connectivity index is 2.63. The molecule has 5 nitrogen and oxygen atoms in total. The number of rotatable bonds is 8. The van der Waals surface area contributed by atoms with Crippen molar-refractivity contribution in [2.75, 3.05) is 32.1 Å². The van der Waals surface area contributed by atoms with Crippen molar-refractivity contribution < 1.29 is 14.3 Å². The Kier molecular flexibility index (Phi) is 6.46. The molecule has 0 saturated heterocycles. The van der Waals surface area contributed by atoms with Gasteiger partial charge in [-0.15, -0.1) is 6.58 Å². The van der Waals surface area contributed by atoms with Crippen LogP contribution in [0.3, 0.4) is 0 Å². The van der Waals surface area contributed by atoms with Crippen molar-refractivity contribution in [1.82, 2.24) is 5.32 Å². The number of hydrogen-bond donors (Lipinski definition) is 2. The molecule has 2 N–H and O–H groups in total. The van der Waals surface area contributed by atoms with Crippen LogP contribution >= 0.6 is 0 Å². The summed E-state index contributed by atoms with van der Waals surface area (Å²) in [4.78, 5) is 11.6. The fraction of sp³-hybridized carbons (Fsp3) is 0.357. The molecule has 0 aliphatic rings. The third-order valence-corrected chi connectivity index (χ3v) is 2.32. The van der Waals surface area contributed by atoms with Crippen LogP contribution in [0, 0.1) is 0 Å². The van der Waals surface area contributed by atoms with E-state index in [0.29, 0.717) is 30.3 Å². The molecule has 0 spiro atoms. The van der Waals surface area contributed by atoms with Gasteiger partial charge in [-0.25, -0.2) is 0 Å². The maximum atomic E-state index is 11.6. The maximum absolute atomic E-state index is 11.6. The van der Waals surface area contributed by atoms with Crippen molar-refractivity contribution >= 4 is 11.6 Å². The van der Waals surface area contributed by atoms with Gasteiger partial charge in [0.05, 0.1) is 20.3 Å². The van der Waals surface area contributed by atoms with Crippen molar-refractivity contribution in [2.24, 2.45) is 0 Å². The predicted molar refractivity (Wildman–Crippen MR) is 75.9 cm³/mol. The monoisotopic (exact) mass is 264 g/mol. The zero-order valence-corrected chi connectivity index (χ0v) is 11.4. The second-order valence-electron chi connectivity index (χ2n) is 3.77. The number of amides is 1. The summed E-state index contributed by atoms with van der Waals surface area (Å²) in [5, 5.41) is 5.70. The van der Waals surface area contributed by atoms with Gasteiger partial charge in [-0.3, -0.25) is 4.79 Å². The lowest BCUT2D eigenvalue weighted by Gasteiger charge is -2.11. The largest absolute Gasteiger partial charge is 0.493 e. The molecule has 19 heavy (non-hydrogen) atoms. The number of ether oxygens (including phenoxy) is 2. The van der Waals surface area contributed by atoms with Gasteiger partial charge in [-0.2, -0.15) is 0 Å². The van der Waals surface area contributed by atoms with Gasteiger partial charge < -0.3 is 20.1 Å². The molecule has 0 aromatic heterocycles. The standard InChI is InChI=1S/C14H20N2O3/c1-4-8-15-10-14(17)16-11-6-7-12(19-5-2)13(9-11)18-3/h4,6-7,9,15H,1,5,8,10H2,2-3H3,(H,16,17). The second kappa shape index (κ2) is 8.16. The van der Waals surface area contributed by atoms with Crippen molar-refractivity contribution in [3.05, 3.63) is 30.9 Å². The highest BCUT2D eigenvalue weighted by molar-refractivity contribution is 5.92. The van der Waals surface area contributed by atoms with E-state index in [2.05, 4.69) is 17.2 Å². The Morgan fingerprint density at radius 3 is 2.84 bits per heavy atom. The lowest BCUT2D eigenvalue weighted by molar-refractivity contribution is -0.115. The van der Waals surface area contributed by atoms with E-state index in [4.69, 9.17) is 9.47 Å². The summed E-state index contributed by atoms with van der Waals surface area (Å²) in [6.07, 6.45) is 1.70. The molecule has 0 aliphatic carbocycles. The Morgan fingerprint density at radius 2 is 2.21 bits per heavy atom. The van der Waals surface area contributed by atoms with Crippen LogP contribution in [0.15, 0.2) is 30.9 Å². The third-order valence-electron chi connectivity index (χ3n) is 2.32. The van der Waals surface area contributed by atoms with Gasteiger partial charge in [-0.1, -0.05) is 6.08 Å². The normalized spacial score (nSPS) is 9.79. The van der Waals surface area contributed by atoms with Crippen LogP contribution < -0.4 is 20.1 Å². The first-order chi connectivity index (χ1) is 9.21. The Labute approximate surface area is 113 Å². The number of nitrogens with one attached hydrogen (secondary N) is 2. The van der Waals surface area contributed by atoms with Crippen molar-refractivity contribution in [2.45, 2.75) is 6.92 Å². The number of anilines is 1. The number of benzene rings is 1. The molecule has 5 heteroatoms. The quantitative estimate of drug-likeness (QED) is 0.555. The fourth-order valence-electron chi connectivity index (χ4n) is 1.51. The number of methoxy groups -OCH3 is 1.